The third-order valence-corrected chi connectivity index (χ3v) is 2.48. The van der Waals surface area contributed by atoms with Gasteiger partial charge in [-0.25, -0.2) is 13.9 Å². The number of halogens is 7. The lowest BCUT2D eigenvalue weighted by Crippen LogP contribution is -2.55. The van der Waals surface area contributed by atoms with Crippen molar-refractivity contribution in [2.24, 2.45) is 0 Å². The summed E-state index contributed by atoms with van der Waals surface area (Å²) in [5, 5.41) is 8.86. The second-order valence-electron chi connectivity index (χ2n) is 4.19. The molecule has 11 heteroatoms. The minimum absolute atomic E-state index is 0.534. The van der Waals surface area contributed by atoms with Gasteiger partial charge in [-0.2, -0.15) is 26.3 Å². The maximum atomic E-state index is 13.4. The van der Waals surface area contributed by atoms with Gasteiger partial charge in [0.15, 0.2) is 12.3 Å². The van der Waals surface area contributed by atoms with E-state index in [-0.39, 0.29) is 0 Å². The molecule has 1 N–H and O–H groups in total. The van der Waals surface area contributed by atoms with Crippen LogP contribution in [-0.2, 0) is 14.3 Å². The Balaban J connectivity index is 3.04. The molecule has 1 aliphatic rings. The monoisotopic (exact) mass is 338 g/mol. The van der Waals surface area contributed by atoms with Crippen molar-refractivity contribution in [3.05, 3.63) is 24.3 Å². The van der Waals surface area contributed by atoms with E-state index in [2.05, 4.69) is 9.47 Å². The molecule has 126 valence electrons. The van der Waals surface area contributed by atoms with Crippen LogP contribution in [0, 0.1) is 0 Å². The number of hydrogen-bond acceptors (Lipinski definition) is 3. The molecule has 0 aromatic heterocycles. The molecule has 1 unspecified atom stereocenters. The van der Waals surface area contributed by atoms with E-state index in [1.807, 2.05) is 0 Å². The second-order valence-corrected chi connectivity index (χ2v) is 4.19. The van der Waals surface area contributed by atoms with Crippen molar-refractivity contribution in [3.63, 3.8) is 0 Å². The molecule has 0 saturated carbocycles. The average Bonchev–Trinajstić information content (AvgIpc) is 2.37. The molecule has 0 spiro atoms. The van der Waals surface area contributed by atoms with Crippen molar-refractivity contribution in [3.8, 4) is 0 Å². The van der Waals surface area contributed by atoms with Crippen molar-refractivity contribution in [1.82, 2.24) is 0 Å². The van der Waals surface area contributed by atoms with Gasteiger partial charge in [-0.05, 0) is 6.08 Å². The maximum absolute atomic E-state index is 13.4. The van der Waals surface area contributed by atoms with Gasteiger partial charge >= 0.3 is 24.3 Å². The lowest BCUT2D eigenvalue weighted by molar-refractivity contribution is -0.489. The number of carbonyl (C=O) groups is 1. The summed E-state index contributed by atoms with van der Waals surface area (Å²) in [6.07, 6.45) is -14.0. The summed E-state index contributed by atoms with van der Waals surface area (Å²) in [5.41, 5.74) is -2.91. The summed E-state index contributed by atoms with van der Waals surface area (Å²) >= 11 is 0. The van der Waals surface area contributed by atoms with E-state index in [1.165, 1.54) is 6.08 Å². The highest BCUT2D eigenvalue weighted by atomic mass is 19.3. The number of aliphatic carboxylic acids is 1. The highest BCUT2D eigenvalue weighted by Gasteiger charge is 2.67. The van der Waals surface area contributed by atoms with Gasteiger partial charge in [0, 0.05) is 6.42 Å². The third-order valence-electron chi connectivity index (χ3n) is 2.48. The number of carboxylic acids is 1. The summed E-state index contributed by atoms with van der Waals surface area (Å²) in [5.74, 6) is -2.05. The molecule has 0 fully saturated rings. The minimum Gasteiger partial charge on any atom is -0.479 e. The molecule has 0 radical (unpaired) electrons. The lowest BCUT2D eigenvalue weighted by Gasteiger charge is -2.34. The van der Waals surface area contributed by atoms with Crippen molar-refractivity contribution in [2.45, 2.75) is 30.3 Å². The first-order chi connectivity index (χ1) is 9.88. The molecule has 0 aromatic carbocycles. The fourth-order valence-corrected chi connectivity index (χ4v) is 1.44. The van der Waals surface area contributed by atoms with Gasteiger partial charge in [0.05, 0.1) is 0 Å². The first kappa shape index (κ1) is 18.4. The predicted octanol–water partition coefficient (Wildman–Crippen LogP) is 3.11. The van der Waals surface area contributed by atoms with Gasteiger partial charge in [0.2, 0.25) is 0 Å². The van der Waals surface area contributed by atoms with Crippen LogP contribution in [0.5, 0.6) is 0 Å². The lowest BCUT2D eigenvalue weighted by atomic mass is 9.95. The number of allylic oxidation sites excluding steroid dienone is 2. The minimum atomic E-state index is -5.97. The fourth-order valence-electron chi connectivity index (χ4n) is 1.44. The zero-order valence-electron chi connectivity index (χ0n) is 10.5. The maximum Gasteiger partial charge on any atom is 0.453 e. The van der Waals surface area contributed by atoms with Crippen LogP contribution in [-0.4, -0.2) is 41.7 Å². The molecule has 0 saturated heterocycles. The molecule has 22 heavy (non-hydrogen) atoms. The standard InChI is InChI=1S/C11H9F7O4/c12-6-9(13,14)22-11(17,18)10(15,16)21-8(7(19)20)4-2-1-3-5-8/h1-4H,5-6H2,(H,19,20). The van der Waals surface area contributed by atoms with Crippen molar-refractivity contribution in [2.75, 3.05) is 6.67 Å². The molecule has 0 heterocycles. The van der Waals surface area contributed by atoms with Crippen LogP contribution in [0.1, 0.15) is 6.42 Å². The fraction of sp³-hybridized carbons (Fsp3) is 0.545. The summed E-state index contributed by atoms with van der Waals surface area (Å²) in [6, 6.07) is 0. The molecule has 4 nitrogen and oxygen atoms in total. The first-order valence-electron chi connectivity index (χ1n) is 5.55. The second kappa shape index (κ2) is 5.88. The quantitative estimate of drug-likeness (QED) is 0.725. The topological polar surface area (TPSA) is 55.8 Å². The van der Waals surface area contributed by atoms with Crippen LogP contribution < -0.4 is 0 Å². The van der Waals surface area contributed by atoms with Gasteiger partial charge in [-0.3, -0.25) is 4.74 Å². The first-order valence-corrected chi connectivity index (χ1v) is 5.55. The van der Waals surface area contributed by atoms with Gasteiger partial charge in [-0.15, -0.1) is 0 Å². The van der Waals surface area contributed by atoms with Crippen LogP contribution in [0.4, 0.5) is 30.7 Å². The highest BCUT2D eigenvalue weighted by Crippen LogP contribution is 2.44. The van der Waals surface area contributed by atoms with Gasteiger partial charge in [0.1, 0.15) is 0 Å². The SMILES string of the molecule is O=C(O)C1(OC(F)(F)C(F)(F)OC(F)(F)CF)C=CC=CC1. The molecule has 1 aliphatic carbocycles. The van der Waals surface area contributed by atoms with Crippen molar-refractivity contribution >= 4 is 5.97 Å². The number of ether oxygens (including phenoxy) is 2. The van der Waals surface area contributed by atoms with Crippen LogP contribution in [0.2, 0.25) is 0 Å². The Bertz CT molecular complexity index is 489. The number of carboxylic acid groups (broad SMARTS) is 1. The van der Waals surface area contributed by atoms with E-state index in [9.17, 15) is 35.5 Å². The Labute approximate surface area is 118 Å². The van der Waals surface area contributed by atoms with Gasteiger partial charge in [-0.1, -0.05) is 18.2 Å². The highest BCUT2D eigenvalue weighted by molar-refractivity contribution is 5.81. The van der Waals surface area contributed by atoms with E-state index in [0.717, 1.165) is 12.2 Å². The van der Waals surface area contributed by atoms with Crippen molar-refractivity contribution < 1.29 is 50.1 Å². The molecule has 0 aliphatic heterocycles. The van der Waals surface area contributed by atoms with E-state index in [4.69, 9.17) is 5.11 Å². The normalized spacial score (nSPS) is 22.9. The molecule has 1 atom stereocenters. The van der Waals surface area contributed by atoms with Gasteiger partial charge < -0.3 is 5.11 Å². The Hall–Kier alpha value is -1.62. The summed E-state index contributed by atoms with van der Waals surface area (Å²) < 4.78 is 95.5. The van der Waals surface area contributed by atoms with Crippen molar-refractivity contribution in [1.29, 1.82) is 0 Å². The Morgan fingerprint density at radius 1 is 1.14 bits per heavy atom. The average molecular weight is 338 g/mol. The van der Waals surface area contributed by atoms with Crippen LogP contribution in [0.25, 0.3) is 0 Å². The van der Waals surface area contributed by atoms with E-state index in [0.29, 0.717) is 6.08 Å². The molecular formula is C11H9F7O4. The molecule has 0 aromatic rings. The summed E-state index contributed by atoms with van der Waals surface area (Å²) in [6.45, 7) is -2.79. The Morgan fingerprint density at radius 3 is 2.14 bits per heavy atom. The van der Waals surface area contributed by atoms with E-state index >= 15 is 0 Å². The smallest absolute Gasteiger partial charge is 0.453 e. The summed E-state index contributed by atoms with van der Waals surface area (Å²) in [4.78, 5) is 11.0. The van der Waals surface area contributed by atoms with Crippen LogP contribution in [0.3, 0.4) is 0 Å². The Morgan fingerprint density at radius 2 is 1.73 bits per heavy atom. The van der Waals surface area contributed by atoms with Crippen LogP contribution >= 0.6 is 0 Å². The van der Waals surface area contributed by atoms with Gasteiger partial charge in [0.25, 0.3) is 0 Å². The van der Waals surface area contributed by atoms with E-state index < -0.39 is 43.0 Å². The molecule has 0 amide bonds. The number of rotatable bonds is 7. The largest absolute Gasteiger partial charge is 0.479 e. The molecular weight excluding hydrogens is 329 g/mol. The number of hydrogen-bond donors (Lipinski definition) is 1. The van der Waals surface area contributed by atoms with Crippen LogP contribution in [0.15, 0.2) is 24.3 Å². The number of alkyl halides is 7. The zero-order chi connectivity index (χ0) is 17.2. The Kier molecular flexibility index (Phi) is 4.92. The van der Waals surface area contributed by atoms with E-state index in [1.54, 1.807) is 0 Å². The third kappa shape index (κ3) is 3.77. The zero-order valence-corrected chi connectivity index (χ0v) is 10.5. The summed E-state index contributed by atoms with van der Waals surface area (Å²) in [7, 11) is 0. The molecule has 0 bridgehead atoms. The predicted molar refractivity (Wildman–Crippen MR) is 56.2 cm³/mol. The molecule has 1 rings (SSSR count).